The molecule has 0 spiro atoms. The summed E-state index contributed by atoms with van der Waals surface area (Å²) in [5, 5.41) is 13.4. The average molecular weight is 280 g/mol. The first-order chi connectivity index (χ1) is 10.2. The third-order valence-corrected chi connectivity index (χ3v) is 3.45. The van der Waals surface area contributed by atoms with Crippen molar-refractivity contribution in [2.45, 2.75) is 13.0 Å². The van der Waals surface area contributed by atoms with E-state index in [1.807, 2.05) is 54.6 Å². The van der Waals surface area contributed by atoms with E-state index in [9.17, 15) is 4.79 Å². The summed E-state index contributed by atoms with van der Waals surface area (Å²) in [6.45, 7) is 0.653. The van der Waals surface area contributed by atoms with E-state index in [1.165, 1.54) is 0 Å². The Morgan fingerprint density at radius 3 is 2.52 bits per heavy atom. The lowest BCUT2D eigenvalue weighted by atomic mass is 10.1. The zero-order valence-corrected chi connectivity index (χ0v) is 11.5. The van der Waals surface area contributed by atoms with E-state index in [-0.39, 0.29) is 6.42 Å². The van der Waals surface area contributed by atoms with Crippen LogP contribution in [0.4, 0.5) is 5.82 Å². The van der Waals surface area contributed by atoms with Gasteiger partial charge >= 0.3 is 5.97 Å². The number of nitrogens with one attached hydrogen (secondary N) is 2. The molecule has 0 amide bonds. The molecule has 0 saturated carbocycles. The molecule has 3 aromatic rings. The largest absolute Gasteiger partial charge is 0.481 e. The fraction of sp³-hybridized carbons (Fsp3) is 0.118. The van der Waals surface area contributed by atoms with Crippen molar-refractivity contribution < 1.29 is 9.90 Å². The van der Waals surface area contributed by atoms with Gasteiger partial charge in [-0.15, -0.1) is 0 Å². The highest BCUT2D eigenvalue weighted by atomic mass is 16.4. The zero-order valence-electron chi connectivity index (χ0n) is 11.5. The Hall–Kier alpha value is -2.75. The number of fused-ring (bicyclic) bond motifs is 1. The van der Waals surface area contributed by atoms with Gasteiger partial charge in [0.25, 0.3) is 0 Å². The number of hydrogen-bond acceptors (Lipinski definition) is 2. The van der Waals surface area contributed by atoms with Gasteiger partial charge in [-0.05, 0) is 11.6 Å². The third kappa shape index (κ3) is 2.89. The molecule has 0 bridgehead atoms. The number of para-hydroxylation sites is 1. The fourth-order valence-electron chi connectivity index (χ4n) is 2.47. The summed E-state index contributed by atoms with van der Waals surface area (Å²) < 4.78 is 0. The minimum absolute atomic E-state index is 0.00113. The number of benzene rings is 2. The molecule has 0 aliphatic heterocycles. The molecule has 1 aromatic heterocycles. The van der Waals surface area contributed by atoms with E-state index in [0.717, 1.165) is 27.8 Å². The molecule has 0 aliphatic rings. The Morgan fingerprint density at radius 2 is 1.76 bits per heavy atom. The van der Waals surface area contributed by atoms with Crippen molar-refractivity contribution in [1.82, 2.24) is 4.98 Å². The number of aromatic nitrogens is 1. The number of anilines is 1. The quantitative estimate of drug-likeness (QED) is 0.671. The van der Waals surface area contributed by atoms with E-state index in [2.05, 4.69) is 10.3 Å². The molecule has 2 aromatic carbocycles. The van der Waals surface area contributed by atoms with Gasteiger partial charge in [0, 0.05) is 23.0 Å². The summed E-state index contributed by atoms with van der Waals surface area (Å²) in [4.78, 5) is 14.4. The van der Waals surface area contributed by atoms with Crippen molar-refractivity contribution in [2.24, 2.45) is 0 Å². The van der Waals surface area contributed by atoms with E-state index in [4.69, 9.17) is 5.11 Å². The molecule has 1 heterocycles. The molecule has 0 radical (unpaired) electrons. The van der Waals surface area contributed by atoms with Crippen LogP contribution in [0.25, 0.3) is 10.9 Å². The summed E-state index contributed by atoms with van der Waals surface area (Å²) >= 11 is 0. The van der Waals surface area contributed by atoms with Crippen LogP contribution in [0, 0.1) is 0 Å². The smallest absolute Gasteiger partial charge is 0.307 e. The van der Waals surface area contributed by atoms with Crippen LogP contribution in [0.5, 0.6) is 0 Å². The predicted octanol–water partition coefficient (Wildman–Crippen LogP) is 3.41. The fourth-order valence-corrected chi connectivity index (χ4v) is 2.47. The molecule has 21 heavy (non-hydrogen) atoms. The van der Waals surface area contributed by atoms with E-state index < -0.39 is 5.97 Å². The maximum absolute atomic E-state index is 11.1. The van der Waals surface area contributed by atoms with Gasteiger partial charge in [-0.25, -0.2) is 0 Å². The van der Waals surface area contributed by atoms with Gasteiger partial charge < -0.3 is 15.4 Å². The van der Waals surface area contributed by atoms with Crippen LogP contribution in [0.15, 0.2) is 54.6 Å². The summed E-state index contributed by atoms with van der Waals surface area (Å²) in [7, 11) is 0. The van der Waals surface area contributed by atoms with Crippen molar-refractivity contribution in [3.8, 4) is 0 Å². The Kier molecular flexibility index (Phi) is 3.60. The standard InChI is InChI=1S/C17H16N2O2/c20-16(21)10-14-13-8-4-5-9-15(13)19-17(14)18-11-12-6-2-1-3-7-12/h1-9,18-19H,10-11H2,(H,20,21). The molecule has 4 nitrogen and oxygen atoms in total. The molecule has 3 rings (SSSR count). The molecule has 4 heteroatoms. The van der Waals surface area contributed by atoms with E-state index in [0.29, 0.717) is 6.54 Å². The van der Waals surface area contributed by atoms with Crippen LogP contribution in [0.1, 0.15) is 11.1 Å². The molecule has 106 valence electrons. The molecule has 0 unspecified atom stereocenters. The second-order valence-electron chi connectivity index (χ2n) is 4.93. The Bertz CT molecular complexity index is 763. The molecule has 0 saturated heterocycles. The minimum Gasteiger partial charge on any atom is -0.481 e. The van der Waals surface area contributed by atoms with Crippen LogP contribution in [0.2, 0.25) is 0 Å². The van der Waals surface area contributed by atoms with Gasteiger partial charge in [-0.2, -0.15) is 0 Å². The lowest BCUT2D eigenvalue weighted by molar-refractivity contribution is -0.136. The molecule has 0 atom stereocenters. The summed E-state index contributed by atoms with van der Waals surface area (Å²) in [6.07, 6.45) is 0.00113. The lowest BCUT2D eigenvalue weighted by Gasteiger charge is -2.07. The van der Waals surface area contributed by atoms with Gasteiger partial charge in [0.15, 0.2) is 0 Å². The van der Waals surface area contributed by atoms with Crippen molar-refractivity contribution in [3.05, 3.63) is 65.7 Å². The maximum Gasteiger partial charge on any atom is 0.307 e. The van der Waals surface area contributed by atoms with Gasteiger partial charge in [-0.3, -0.25) is 4.79 Å². The Balaban J connectivity index is 1.91. The van der Waals surface area contributed by atoms with E-state index in [1.54, 1.807) is 0 Å². The number of rotatable bonds is 5. The molecule has 0 aliphatic carbocycles. The number of H-pyrrole nitrogens is 1. The topological polar surface area (TPSA) is 65.1 Å². The lowest BCUT2D eigenvalue weighted by Crippen LogP contribution is -2.05. The molecule has 0 fully saturated rings. The summed E-state index contributed by atoms with van der Waals surface area (Å²) in [5.41, 5.74) is 2.90. The molecular weight excluding hydrogens is 264 g/mol. The third-order valence-electron chi connectivity index (χ3n) is 3.45. The van der Waals surface area contributed by atoms with Crippen LogP contribution in [-0.4, -0.2) is 16.1 Å². The summed E-state index contributed by atoms with van der Waals surface area (Å²) in [6, 6.07) is 17.8. The summed E-state index contributed by atoms with van der Waals surface area (Å²) in [5.74, 6) is -0.0510. The van der Waals surface area contributed by atoms with Crippen LogP contribution in [-0.2, 0) is 17.8 Å². The second kappa shape index (κ2) is 5.71. The number of carboxylic acids is 1. The van der Waals surface area contributed by atoms with Gasteiger partial charge in [0.2, 0.25) is 0 Å². The molecule has 3 N–H and O–H groups in total. The zero-order chi connectivity index (χ0) is 14.7. The van der Waals surface area contributed by atoms with Crippen LogP contribution in [0.3, 0.4) is 0 Å². The van der Waals surface area contributed by atoms with Gasteiger partial charge in [0.1, 0.15) is 5.82 Å². The van der Waals surface area contributed by atoms with Gasteiger partial charge in [-0.1, -0.05) is 48.5 Å². The highest BCUT2D eigenvalue weighted by Gasteiger charge is 2.13. The van der Waals surface area contributed by atoms with Crippen LogP contribution >= 0.6 is 0 Å². The Labute approximate surface area is 122 Å². The maximum atomic E-state index is 11.1. The Morgan fingerprint density at radius 1 is 1.05 bits per heavy atom. The number of carbonyl (C=O) groups is 1. The normalized spacial score (nSPS) is 10.7. The highest BCUT2D eigenvalue weighted by Crippen LogP contribution is 2.27. The van der Waals surface area contributed by atoms with Crippen molar-refractivity contribution in [3.63, 3.8) is 0 Å². The monoisotopic (exact) mass is 280 g/mol. The van der Waals surface area contributed by atoms with Crippen LogP contribution < -0.4 is 5.32 Å². The number of carboxylic acid groups (broad SMARTS) is 1. The first-order valence-electron chi connectivity index (χ1n) is 6.83. The SMILES string of the molecule is O=C(O)Cc1c(NCc2ccccc2)[nH]c2ccccc12. The number of aliphatic carboxylic acids is 1. The number of aromatic amines is 1. The molecular formula is C17H16N2O2. The first-order valence-corrected chi connectivity index (χ1v) is 6.83. The second-order valence-corrected chi connectivity index (χ2v) is 4.93. The van der Waals surface area contributed by atoms with Crippen molar-refractivity contribution in [2.75, 3.05) is 5.32 Å². The van der Waals surface area contributed by atoms with Crippen molar-refractivity contribution >= 4 is 22.7 Å². The predicted molar refractivity (Wildman–Crippen MR) is 83.4 cm³/mol. The van der Waals surface area contributed by atoms with E-state index >= 15 is 0 Å². The first kappa shape index (κ1) is 13.2. The minimum atomic E-state index is -0.831. The average Bonchev–Trinajstić information content (AvgIpc) is 2.84. The number of hydrogen-bond donors (Lipinski definition) is 3. The van der Waals surface area contributed by atoms with Gasteiger partial charge in [0.05, 0.1) is 6.42 Å². The highest BCUT2D eigenvalue weighted by molar-refractivity contribution is 5.92. The van der Waals surface area contributed by atoms with Crippen molar-refractivity contribution in [1.29, 1.82) is 0 Å².